The van der Waals surface area contributed by atoms with Gasteiger partial charge in [0.05, 0.1) is 65.7 Å². The van der Waals surface area contributed by atoms with E-state index in [9.17, 15) is 2.74 Å². The molecule has 0 radical (unpaired) electrons. The van der Waals surface area contributed by atoms with E-state index in [1.165, 1.54) is 250 Å². The summed E-state index contributed by atoms with van der Waals surface area (Å²) >= 11 is 0. The Labute approximate surface area is 853 Å². The lowest BCUT2D eigenvalue weighted by molar-refractivity contribution is 0.0922. The Morgan fingerprint density at radius 1 is 0.289 bits per heavy atom. The largest absolute Gasteiger partial charge is 0.344 e. The van der Waals surface area contributed by atoms with Crippen LogP contribution in [0.1, 0.15) is 278 Å². The van der Waals surface area contributed by atoms with Crippen LogP contribution in [0.4, 0.5) is 28.4 Å². The number of aryl methyl sites for hydroxylation is 5. The molecule has 0 spiro atoms. The van der Waals surface area contributed by atoms with Gasteiger partial charge in [-0.1, -0.05) is 361 Å². The average Bonchev–Trinajstić information content (AvgIpc) is 1.50. The molecule has 27 rings (SSSR count). The van der Waals surface area contributed by atoms with E-state index in [-0.39, 0.29) is 35.1 Å². The van der Waals surface area contributed by atoms with Crippen molar-refractivity contribution in [1.82, 2.24) is 24.5 Å². The summed E-state index contributed by atoms with van der Waals surface area (Å²) in [6.45, 7) is 26.5. The molecule has 7 unspecified atom stereocenters. The molecule has 142 heavy (non-hydrogen) atoms. The summed E-state index contributed by atoms with van der Waals surface area (Å²) < 4.78 is 46.4. The van der Waals surface area contributed by atoms with Crippen LogP contribution in [0.15, 0.2) is 362 Å². The first-order valence-corrected chi connectivity index (χ1v) is 53.1. The molecule has 13 aromatic carbocycles. The van der Waals surface area contributed by atoms with E-state index in [1.54, 1.807) is 0 Å². The fourth-order valence-electron chi connectivity index (χ4n) is 27.9. The predicted octanol–water partition coefficient (Wildman–Crippen LogP) is 32.0. The second kappa shape index (κ2) is 37.8. The summed E-state index contributed by atoms with van der Waals surface area (Å²) in [6, 6.07) is 118. The highest BCUT2D eigenvalue weighted by molar-refractivity contribution is 5.89. The summed E-state index contributed by atoms with van der Waals surface area (Å²) in [7, 11) is 0. The number of hydrogen-bond acceptors (Lipinski definition) is 10. The topological polar surface area (TPSA) is 32.4 Å². The van der Waals surface area contributed by atoms with Crippen LogP contribution >= 0.6 is 0 Å². The maximum Gasteiger partial charge on any atom is 0.119 e. The highest BCUT2D eigenvalue weighted by Gasteiger charge is 2.61. The lowest BCUT2D eigenvalue weighted by Gasteiger charge is -2.48. The van der Waals surface area contributed by atoms with Crippen molar-refractivity contribution in [1.29, 1.82) is 0 Å². The number of allylic oxidation sites excluding steroid dienone is 5. The Balaban J connectivity index is 0.000000102. The first kappa shape index (κ1) is 86.4. The van der Waals surface area contributed by atoms with Crippen LogP contribution in [-0.4, -0.2) is 56.3 Å². The maximum absolute atomic E-state index is 10.1. The number of rotatable bonds is 12. The minimum atomic E-state index is -1.47. The van der Waals surface area contributed by atoms with Gasteiger partial charge in [-0.25, -0.2) is 0 Å². The van der Waals surface area contributed by atoms with Crippen LogP contribution in [0.2, 0.25) is 0 Å². The molecule has 7 atom stereocenters. The van der Waals surface area contributed by atoms with Crippen molar-refractivity contribution in [3.05, 3.63) is 462 Å². The smallest absolute Gasteiger partial charge is 0.119 e. The van der Waals surface area contributed by atoms with Gasteiger partial charge < -0.3 is 49.0 Å². The van der Waals surface area contributed by atoms with Crippen LogP contribution in [0.25, 0.3) is 28.5 Å². The Bertz CT molecular complexity index is 7300. The van der Waals surface area contributed by atoms with Crippen LogP contribution in [0, 0.1) is 58.3 Å². The number of hydrogen-bond donors (Lipinski definition) is 0. The van der Waals surface area contributed by atoms with Crippen molar-refractivity contribution in [3.8, 4) is 0 Å². The minimum Gasteiger partial charge on any atom is -0.344 e. The Morgan fingerprint density at radius 3 is 1.16 bits per heavy atom. The van der Waals surface area contributed by atoms with Gasteiger partial charge in [-0.05, 0) is 268 Å². The van der Waals surface area contributed by atoms with Gasteiger partial charge in [0.15, 0.2) is 0 Å². The molecule has 0 amide bonds. The minimum absolute atomic E-state index is 0.0472. The predicted molar refractivity (Wildman–Crippen MR) is 591 cm³/mol. The van der Waals surface area contributed by atoms with E-state index < -0.39 is 25.8 Å². The SMILES string of the molecule is CC1=C2c3ccccc3C(c3ccccc3)(c3ccccc3)N2C(C2CCCC2)N1c1ccccc1C.[2H]C1([2H])c2ccccc2C2=C(C)N(c3ccccc3C)C(C3CCCC3)N21.[2H]C1(c2ccccc2)c2ccccc2C2=C(C)N(c3ccccc3C)C(C3CCCC3)N21.[2H]C1N(c2ccccc2C)C(C)=C2c3ccccc3C(C)(C)N21.[2H]C1N(c2ccccc2C)C(C)=C2c3ccccc3C(C)(C3CCCCC3)N21. The van der Waals surface area contributed by atoms with Gasteiger partial charge in [-0.15, -0.1) is 0 Å². The van der Waals surface area contributed by atoms with Crippen molar-refractivity contribution < 1.29 is 6.85 Å². The van der Waals surface area contributed by atoms with Crippen LogP contribution in [0.5, 0.6) is 0 Å². The molecule has 0 aromatic heterocycles. The fraction of sp³-hybridized carbons (Fsp3) is 0.333. The van der Waals surface area contributed by atoms with Gasteiger partial charge in [-0.2, -0.15) is 0 Å². The van der Waals surface area contributed by atoms with E-state index in [4.69, 9.17) is 4.11 Å². The van der Waals surface area contributed by atoms with Gasteiger partial charge in [0.25, 0.3) is 0 Å². The fourth-order valence-corrected chi connectivity index (χ4v) is 27.9. The first-order chi connectivity index (χ1) is 71.4. The standard InChI is InChI=1S/C35H34N2.C29H30N2.C25H30N2.C23H26N2.C20H22N2/c1-25-15-9-14-24-32(25)36-26(2)33-30-22-12-13-23-31(30)35(28-18-5-3-6-19-28,29-20-7-4-8-21-29)37(33)34(36)27-16-10-11-17-27;1-20-12-6-11-19-26(20)30-21(2)27-24-17-9-10-18-25(24)28(22-13-4-3-5-14-22)31(27)29(30)23-15-7-8-16-23;1-18-11-7-10-16-23(18)26-17-27-24(19(26)2)21-14-8-9-15-22(21)25(27,3)20-12-5-4-6-13-20;1-16-9-3-8-14-21(16)25-17(2)22-20-13-7-6-12-19(20)15-24(22)23(25)18-10-4-5-11-18;1-14-9-5-8-12-18(14)21-13-22-19(15(21)2)16-10-6-7-11-17(16)20(22,3)4/h3-9,12-15,18-24,27,34H,10-11,16-17H2,1-2H3;3-6,9-14,17-19,23,28-29H,7-8,15-16H2,1-2H3;7-11,14-16,20H,4-6,12-13,17H2,1-3H3;3,6-9,12-14,18,23H,4-5,10-11,15H2,1-2H3;5-12H,13H2,1-4H3/i;28D;17D;15D2;13D. The third-order valence-corrected chi connectivity index (χ3v) is 34.6. The van der Waals surface area contributed by atoms with Crippen molar-refractivity contribution in [2.45, 2.75) is 247 Å². The number of para-hydroxylation sites is 5. The van der Waals surface area contributed by atoms with E-state index in [0.717, 1.165) is 45.0 Å². The summed E-state index contributed by atoms with van der Waals surface area (Å²) in [5.74, 6) is 2.25. The molecule has 10 aliphatic heterocycles. The van der Waals surface area contributed by atoms with Crippen LogP contribution in [-0.2, 0) is 23.1 Å². The van der Waals surface area contributed by atoms with Crippen molar-refractivity contribution in [2.24, 2.45) is 23.7 Å². The molecule has 0 bridgehead atoms. The Morgan fingerprint density at radius 2 is 0.648 bits per heavy atom. The molecule has 0 N–H and O–H groups in total. The maximum atomic E-state index is 10.1. The van der Waals surface area contributed by atoms with Crippen molar-refractivity contribution in [3.63, 3.8) is 0 Å². The van der Waals surface area contributed by atoms with Crippen molar-refractivity contribution in [2.75, 3.05) is 37.8 Å². The summed E-state index contributed by atoms with van der Waals surface area (Å²) in [5, 5.41) is 0. The molecule has 4 saturated carbocycles. The van der Waals surface area contributed by atoms with Gasteiger partial charge >= 0.3 is 0 Å². The van der Waals surface area contributed by atoms with Crippen LogP contribution in [0.3, 0.4) is 0 Å². The number of anilines is 5. The third-order valence-electron chi connectivity index (χ3n) is 34.6. The van der Waals surface area contributed by atoms with Gasteiger partial charge in [0.1, 0.15) is 24.0 Å². The molecule has 10 heteroatoms. The van der Waals surface area contributed by atoms with Gasteiger partial charge in [0, 0.05) is 91.2 Å². The van der Waals surface area contributed by atoms with Crippen molar-refractivity contribution >= 4 is 56.9 Å². The summed E-state index contributed by atoms with van der Waals surface area (Å²) in [6.07, 6.45) is 22.1. The molecule has 14 aliphatic rings. The second-order valence-electron chi connectivity index (χ2n) is 42.9. The lowest BCUT2D eigenvalue weighted by Crippen LogP contribution is -2.53. The quantitative estimate of drug-likeness (QED) is 0.118. The van der Waals surface area contributed by atoms with E-state index in [2.05, 4.69) is 448 Å². The van der Waals surface area contributed by atoms with Gasteiger partial charge in [0.2, 0.25) is 0 Å². The second-order valence-corrected chi connectivity index (χ2v) is 42.9. The molecule has 10 heterocycles. The molecule has 0 saturated heterocycles. The highest BCUT2D eigenvalue weighted by atomic mass is 15.5. The molecule has 720 valence electrons. The number of nitrogens with zero attached hydrogens (tertiary/aromatic N) is 10. The van der Waals surface area contributed by atoms with Gasteiger partial charge in [-0.3, -0.25) is 0 Å². The zero-order valence-electron chi connectivity index (χ0n) is 90.4. The summed E-state index contributed by atoms with van der Waals surface area (Å²) in [4.78, 5) is 24.1. The zero-order chi connectivity index (χ0) is 101. The van der Waals surface area contributed by atoms with E-state index in [1.807, 2.05) is 24.3 Å². The monoisotopic (exact) mass is 1870 g/mol. The summed E-state index contributed by atoms with van der Waals surface area (Å²) in [5.41, 5.74) is 40.1. The normalized spacial score (nSPS) is 24.4. The molecule has 10 nitrogen and oxygen atoms in total. The van der Waals surface area contributed by atoms with Crippen LogP contribution < -0.4 is 24.5 Å². The number of fused-ring (bicyclic) bond motifs is 15. The third kappa shape index (κ3) is 15.1. The molecule has 4 fully saturated rings. The highest BCUT2D eigenvalue weighted by Crippen LogP contribution is 2.64. The molecule has 13 aromatic rings. The molecular weight excluding hydrogens is 1730 g/mol. The lowest BCUT2D eigenvalue weighted by atomic mass is 9.72. The zero-order valence-corrected chi connectivity index (χ0v) is 85.4. The molecular formula is C132H142N10. The van der Waals surface area contributed by atoms with E-state index in [0.29, 0.717) is 23.7 Å². The van der Waals surface area contributed by atoms with E-state index >= 15 is 0 Å². The molecule has 4 aliphatic carbocycles. The Kier molecular flexibility index (Phi) is 23.0. The Hall–Kier alpha value is -13.4. The average molecular weight is 1870 g/mol. The number of benzene rings is 13. The first-order valence-electron chi connectivity index (χ1n) is 55.8.